The number of nitrogens with one attached hydrogen (secondary N) is 2. The molecule has 0 saturated carbocycles. The van der Waals surface area contributed by atoms with Gasteiger partial charge < -0.3 is 20.3 Å². The van der Waals surface area contributed by atoms with Gasteiger partial charge in [0.25, 0.3) is 0 Å². The maximum atomic E-state index is 12.6. The topological polar surface area (TPSA) is 97.2 Å². The first-order valence-electron chi connectivity index (χ1n) is 9.91. The molecule has 1 aliphatic heterocycles. The lowest BCUT2D eigenvalue weighted by Gasteiger charge is -2.36. The molecule has 2 N–H and O–H groups in total. The Morgan fingerprint density at radius 1 is 1.27 bits per heavy atom. The van der Waals surface area contributed by atoms with Gasteiger partial charge in [0.1, 0.15) is 17.9 Å². The Bertz CT molecular complexity index is 960. The van der Waals surface area contributed by atoms with Gasteiger partial charge in [-0.05, 0) is 23.8 Å². The zero-order valence-electron chi connectivity index (χ0n) is 16.9. The second-order valence-electron chi connectivity index (χ2n) is 7.07. The second-order valence-corrected chi connectivity index (χ2v) is 7.07. The van der Waals surface area contributed by atoms with Crippen LogP contribution in [0.25, 0.3) is 5.95 Å². The Kier molecular flexibility index (Phi) is 6.19. The molecule has 9 heteroatoms. The zero-order valence-corrected chi connectivity index (χ0v) is 16.9. The average Bonchev–Trinajstić information content (AvgIpc) is 3.34. The molecule has 1 unspecified atom stereocenters. The Labute approximate surface area is 175 Å². The summed E-state index contributed by atoms with van der Waals surface area (Å²) in [6.45, 7) is 2.83. The summed E-state index contributed by atoms with van der Waals surface area (Å²) >= 11 is 0. The molecular weight excluding hydrogens is 382 g/mol. The highest BCUT2D eigenvalue weighted by molar-refractivity contribution is 5.77. The molecule has 2 aromatic heterocycles. The van der Waals surface area contributed by atoms with Crippen molar-refractivity contribution in [2.24, 2.45) is 0 Å². The van der Waals surface area contributed by atoms with Crippen molar-refractivity contribution < 1.29 is 9.53 Å². The number of rotatable bonds is 7. The van der Waals surface area contributed by atoms with Crippen molar-refractivity contribution in [2.75, 3.05) is 31.6 Å². The van der Waals surface area contributed by atoms with Crippen LogP contribution < -0.4 is 20.3 Å². The van der Waals surface area contributed by atoms with Gasteiger partial charge in [0, 0.05) is 51.2 Å². The monoisotopic (exact) mass is 407 g/mol. The number of anilines is 1. The molecule has 1 fully saturated rings. The van der Waals surface area contributed by atoms with Gasteiger partial charge in [-0.15, -0.1) is 0 Å². The highest BCUT2D eigenvalue weighted by atomic mass is 16.5. The van der Waals surface area contributed by atoms with Crippen molar-refractivity contribution in [1.82, 2.24) is 30.2 Å². The molecule has 1 aromatic carbocycles. The predicted molar refractivity (Wildman–Crippen MR) is 113 cm³/mol. The van der Waals surface area contributed by atoms with E-state index in [1.807, 2.05) is 30.3 Å². The van der Waals surface area contributed by atoms with Crippen LogP contribution >= 0.6 is 0 Å². The van der Waals surface area contributed by atoms with Crippen LogP contribution in [0.3, 0.4) is 0 Å². The number of aromatic nitrogens is 4. The molecule has 30 heavy (non-hydrogen) atoms. The van der Waals surface area contributed by atoms with E-state index in [1.54, 1.807) is 36.6 Å². The zero-order chi connectivity index (χ0) is 20.8. The molecule has 1 atom stereocenters. The van der Waals surface area contributed by atoms with Gasteiger partial charge in [-0.3, -0.25) is 9.36 Å². The van der Waals surface area contributed by atoms with E-state index in [1.165, 1.54) is 0 Å². The van der Waals surface area contributed by atoms with Crippen LogP contribution in [-0.2, 0) is 11.3 Å². The molecule has 0 aliphatic carbocycles. The van der Waals surface area contributed by atoms with E-state index >= 15 is 0 Å². The number of carbonyl (C=O) groups excluding carboxylic acids is 1. The number of hydrogen-bond acceptors (Lipinski definition) is 7. The largest absolute Gasteiger partial charge is 0.497 e. The summed E-state index contributed by atoms with van der Waals surface area (Å²) in [6.07, 6.45) is 7.28. The van der Waals surface area contributed by atoms with Crippen molar-refractivity contribution in [3.8, 4) is 11.7 Å². The summed E-state index contributed by atoms with van der Waals surface area (Å²) in [4.78, 5) is 27.8. The van der Waals surface area contributed by atoms with Gasteiger partial charge in [0.15, 0.2) is 0 Å². The van der Waals surface area contributed by atoms with Gasteiger partial charge in [0.2, 0.25) is 11.9 Å². The van der Waals surface area contributed by atoms with Crippen molar-refractivity contribution in [3.05, 3.63) is 60.8 Å². The van der Waals surface area contributed by atoms with Crippen LogP contribution in [0.5, 0.6) is 5.75 Å². The van der Waals surface area contributed by atoms with E-state index < -0.39 is 0 Å². The predicted octanol–water partition coefficient (Wildman–Crippen LogP) is 1.16. The molecule has 0 spiro atoms. The first kappa shape index (κ1) is 19.8. The van der Waals surface area contributed by atoms with Crippen molar-refractivity contribution in [2.45, 2.75) is 19.0 Å². The van der Waals surface area contributed by atoms with Crippen LogP contribution in [0, 0.1) is 0 Å². The maximum Gasteiger partial charge on any atom is 0.236 e. The first-order chi connectivity index (χ1) is 14.7. The minimum absolute atomic E-state index is 0.00778. The Morgan fingerprint density at radius 2 is 2.13 bits per heavy atom. The summed E-state index contributed by atoms with van der Waals surface area (Å²) in [7, 11) is 1.64. The maximum absolute atomic E-state index is 12.6. The number of carbonyl (C=O) groups is 1. The third kappa shape index (κ3) is 4.74. The second kappa shape index (κ2) is 9.36. The van der Waals surface area contributed by atoms with Gasteiger partial charge in [-0.1, -0.05) is 12.1 Å². The summed E-state index contributed by atoms with van der Waals surface area (Å²) in [5.74, 6) is 2.18. The lowest BCUT2D eigenvalue weighted by atomic mass is 10.1. The standard InChI is InChI=1S/C21H25N7O2/c1-30-18-4-2-16(3-5-18)13-25-20(29)12-17-14-22-9-11-28(17)19-6-7-24-21(26-19)27-10-8-23-15-27/h2-8,10,15,17,22H,9,11-14H2,1H3,(H,25,29). The van der Waals surface area contributed by atoms with Crippen LogP contribution in [-0.4, -0.2) is 58.2 Å². The van der Waals surface area contributed by atoms with E-state index in [4.69, 9.17) is 4.74 Å². The Balaban J connectivity index is 1.39. The molecule has 4 rings (SSSR count). The first-order valence-corrected chi connectivity index (χ1v) is 9.91. The highest BCUT2D eigenvalue weighted by Crippen LogP contribution is 2.18. The lowest BCUT2D eigenvalue weighted by molar-refractivity contribution is -0.121. The number of imidazole rings is 1. The molecule has 9 nitrogen and oxygen atoms in total. The number of piperazine rings is 1. The minimum atomic E-state index is 0.00778. The summed E-state index contributed by atoms with van der Waals surface area (Å²) in [5.41, 5.74) is 1.03. The minimum Gasteiger partial charge on any atom is -0.497 e. The quantitative estimate of drug-likeness (QED) is 0.606. The fourth-order valence-corrected chi connectivity index (χ4v) is 3.48. The molecule has 0 bridgehead atoms. The summed E-state index contributed by atoms with van der Waals surface area (Å²) in [5, 5.41) is 6.38. The van der Waals surface area contributed by atoms with E-state index in [9.17, 15) is 4.79 Å². The fraction of sp³-hybridized carbons (Fsp3) is 0.333. The van der Waals surface area contributed by atoms with Crippen LogP contribution in [0.4, 0.5) is 5.82 Å². The SMILES string of the molecule is COc1ccc(CNC(=O)CC2CNCCN2c2ccnc(-n3ccnc3)n2)cc1. The number of nitrogens with zero attached hydrogens (tertiary/aromatic N) is 5. The summed E-state index contributed by atoms with van der Waals surface area (Å²) < 4.78 is 6.93. The highest BCUT2D eigenvalue weighted by Gasteiger charge is 2.26. The molecule has 0 radical (unpaired) electrons. The smallest absolute Gasteiger partial charge is 0.236 e. The lowest BCUT2D eigenvalue weighted by Crippen LogP contribution is -2.53. The van der Waals surface area contributed by atoms with Crippen LogP contribution in [0.15, 0.2) is 55.2 Å². The molecule has 3 aromatic rings. The van der Waals surface area contributed by atoms with E-state index in [0.29, 0.717) is 18.9 Å². The number of benzene rings is 1. The third-order valence-corrected chi connectivity index (χ3v) is 5.08. The third-order valence-electron chi connectivity index (χ3n) is 5.08. The number of methoxy groups -OCH3 is 1. The van der Waals surface area contributed by atoms with Crippen LogP contribution in [0.1, 0.15) is 12.0 Å². The van der Waals surface area contributed by atoms with Crippen LogP contribution in [0.2, 0.25) is 0 Å². The van der Waals surface area contributed by atoms with Gasteiger partial charge in [0.05, 0.1) is 13.2 Å². The van der Waals surface area contributed by atoms with Crippen molar-refractivity contribution in [1.29, 1.82) is 0 Å². The van der Waals surface area contributed by atoms with Crippen molar-refractivity contribution >= 4 is 11.7 Å². The molecular formula is C21H25N7O2. The molecule has 1 amide bonds. The Morgan fingerprint density at radius 3 is 2.90 bits per heavy atom. The van der Waals surface area contributed by atoms with Gasteiger partial charge >= 0.3 is 0 Å². The van der Waals surface area contributed by atoms with Crippen molar-refractivity contribution in [3.63, 3.8) is 0 Å². The number of amides is 1. The summed E-state index contributed by atoms with van der Waals surface area (Å²) in [6, 6.07) is 9.58. The fourth-order valence-electron chi connectivity index (χ4n) is 3.48. The molecule has 1 aliphatic rings. The van der Waals surface area contributed by atoms with E-state index in [0.717, 1.165) is 36.8 Å². The van der Waals surface area contributed by atoms with E-state index in [-0.39, 0.29) is 11.9 Å². The number of hydrogen-bond donors (Lipinski definition) is 2. The molecule has 3 heterocycles. The molecule has 1 saturated heterocycles. The normalized spacial score (nSPS) is 16.3. The molecule has 156 valence electrons. The average molecular weight is 407 g/mol. The van der Waals surface area contributed by atoms with Gasteiger partial charge in [-0.25, -0.2) is 9.97 Å². The van der Waals surface area contributed by atoms with Gasteiger partial charge in [-0.2, -0.15) is 4.98 Å². The van der Waals surface area contributed by atoms with E-state index in [2.05, 4.69) is 30.5 Å². The number of ether oxygens (including phenoxy) is 1. The Hall–Kier alpha value is -3.46.